The third-order valence-electron chi connectivity index (χ3n) is 3.55. The van der Waals surface area contributed by atoms with Gasteiger partial charge in [-0.3, -0.25) is 4.79 Å². The van der Waals surface area contributed by atoms with Crippen molar-refractivity contribution in [3.05, 3.63) is 71.5 Å². The molecule has 2 aromatic rings. The van der Waals surface area contributed by atoms with E-state index in [2.05, 4.69) is 5.32 Å². The Labute approximate surface area is 129 Å². The molecule has 0 saturated carbocycles. The zero-order valence-electron chi connectivity index (χ0n) is 12.3. The Hall–Kier alpha value is -2.20. The highest BCUT2D eigenvalue weighted by Gasteiger charge is 2.13. The third-order valence-corrected chi connectivity index (χ3v) is 3.55. The van der Waals surface area contributed by atoms with Gasteiger partial charge in [0.25, 0.3) is 0 Å². The minimum absolute atomic E-state index is 0.0774. The second-order valence-corrected chi connectivity index (χ2v) is 5.33. The van der Waals surface area contributed by atoms with Gasteiger partial charge in [-0.15, -0.1) is 0 Å². The van der Waals surface area contributed by atoms with Crippen LogP contribution in [-0.4, -0.2) is 17.1 Å². The van der Waals surface area contributed by atoms with Crippen LogP contribution in [0.15, 0.2) is 54.6 Å². The third kappa shape index (κ3) is 5.66. The number of aliphatic carboxylic acids is 1. The standard InChI is InChI=1S/C18H20FNO2/c19-16-9-6-14(7-10-16)8-11-17(12-18(21)22)20-13-15-4-2-1-3-5-15/h1-7,9-10,17,20H,8,11-13H2,(H,21,22)/t17-/m1/s1. The van der Waals surface area contributed by atoms with Gasteiger partial charge in [0.05, 0.1) is 6.42 Å². The van der Waals surface area contributed by atoms with Crippen LogP contribution in [0.4, 0.5) is 4.39 Å². The molecule has 116 valence electrons. The van der Waals surface area contributed by atoms with Crippen molar-refractivity contribution >= 4 is 5.97 Å². The van der Waals surface area contributed by atoms with Crippen molar-refractivity contribution in [2.24, 2.45) is 0 Å². The van der Waals surface area contributed by atoms with Gasteiger partial charge in [-0.25, -0.2) is 4.39 Å². The van der Waals surface area contributed by atoms with Gasteiger partial charge < -0.3 is 10.4 Å². The fraction of sp³-hybridized carbons (Fsp3) is 0.278. The molecule has 4 heteroatoms. The highest BCUT2D eigenvalue weighted by molar-refractivity contribution is 5.67. The van der Waals surface area contributed by atoms with E-state index in [1.54, 1.807) is 12.1 Å². The van der Waals surface area contributed by atoms with Crippen LogP contribution >= 0.6 is 0 Å². The number of hydrogen-bond donors (Lipinski definition) is 2. The van der Waals surface area contributed by atoms with Crippen LogP contribution in [0.2, 0.25) is 0 Å². The molecule has 0 bridgehead atoms. The van der Waals surface area contributed by atoms with Crippen LogP contribution in [0, 0.1) is 5.82 Å². The van der Waals surface area contributed by atoms with E-state index in [0.29, 0.717) is 13.0 Å². The molecule has 3 nitrogen and oxygen atoms in total. The molecule has 0 spiro atoms. The largest absolute Gasteiger partial charge is 0.481 e. The van der Waals surface area contributed by atoms with Gasteiger partial charge in [0, 0.05) is 12.6 Å². The Morgan fingerprint density at radius 2 is 1.73 bits per heavy atom. The summed E-state index contributed by atoms with van der Waals surface area (Å²) in [6.07, 6.45) is 1.50. The Balaban J connectivity index is 1.88. The van der Waals surface area contributed by atoms with Crippen molar-refractivity contribution in [2.45, 2.75) is 31.8 Å². The first-order chi connectivity index (χ1) is 10.6. The number of carbonyl (C=O) groups is 1. The maximum Gasteiger partial charge on any atom is 0.304 e. The summed E-state index contributed by atoms with van der Waals surface area (Å²) in [5, 5.41) is 12.3. The molecule has 0 saturated heterocycles. The van der Waals surface area contributed by atoms with Crippen LogP contribution in [0.5, 0.6) is 0 Å². The van der Waals surface area contributed by atoms with Gasteiger partial charge in [-0.2, -0.15) is 0 Å². The molecule has 0 radical (unpaired) electrons. The Bertz CT molecular complexity index is 584. The van der Waals surface area contributed by atoms with Gasteiger partial charge in [-0.05, 0) is 36.1 Å². The van der Waals surface area contributed by atoms with Crippen LogP contribution < -0.4 is 5.32 Å². The molecule has 2 rings (SSSR count). The van der Waals surface area contributed by atoms with E-state index in [1.165, 1.54) is 12.1 Å². The molecule has 0 aliphatic rings. The number of halogens is 1. The van der Waals surface area contributed by atoms with Gasteiger partial charge in [0.1, 0.15) is 5.82 Å². The predicted molar refractivity (Wildman–Crippen MR) is 84.0 cm³/mol. The number of hydrogen-bond acceptors (Lipinski definition) is 2. The summed E-state index contributed by atoms with van der Waals surface area (Å²) >= 11 is 0. The zero-order chi connectivity index (χ0) is 15.8. The molecule has 0 aliphatic carbocycles. The van der Waals surface area contributed by atoms with E-state index in [0.717, 1.165) is 17.5 Å². The smallest absolute Gasteiger partial charge is 0.304 e. The van der Waals surface area contributed by atoms with Crippen LogP contribution in [-0.2, 0) is 17.8 Å². The molecule has 0 heterocycles. The Kier molecular flexibility index (Phi) is 6.10. The van der Waals surface area contributed by atoms with Gasteiger partial charge in [-0.1, -0.05) is 42.5 Å². The van der Waals surface area contributed by atoms with E-state index in [1.807, 2.05) is 30.3 Å². The number of aryl methyl sites for hydroxylation is 1. The fourth-order valence-electron chi connectivity index (χ4n) is 2.34. The minimum Gasteiger partial charge on any atom is -0.481 e. The van der Waals surface area contributed by atoms with Gasteiger partial charge in [0.2, 0.25) is 0 Å². The number of rotatable bonds is 8. The van der Waals surface area contributed by atoms with Crippen molar-refractivity contribution < 1.29 is 14.3 Å². The minimum atomic E-state index is -0.815. The topological polar surface area (TPSA) is 49.3 Å². The first-order valence-corrected chi connectivity index (χ1v) is 7.37. The second kappa shape index (κ2) is 8.29. The lowest BCUT2D eigenvalue weighted by Gasteiger charge is -2.17. The molecule has 1 atom stereocenters. The molecule has 22 heavy (non-hydrogen) atoms. The Morgan fingerprint density at radius 3 is 2.36 bits per heavy atom. The van der Waals surface area contributed by atoms with Crippen LogP contribution in [0.3, 0.4) is 0 Å². The molecule has 0 aromatic heterocycles. The molecular formula is C18H20FNO2. The summed E-state index contributed by atoms with van der Waals surface area (Å²) in [4.78, 5) is 11.0. The van der Waals surface area contributed by atoms with E-state index < -0.39 is 5.97 Å². The second-order valence-electron chi connectivity index (χ2n) is 5.33. The van der Waals surface area contributed by atoms with E-state index in [9.17, 15) is 9.18 Å². The predicted octanol–water partition coefficient (Wildman–Crippen LogP) is 3.39. The lowest BCUT2D eigenvalue weighted by atomic mass is 10.0. The average molecular weight is 301 g/mol. The van der Waals surface area contributed by atoms with Crippen molar-refractivity contribution in [2.75, 3.05) is 0 Å². The quantitative estimate of drug-likeness (QED) is 0.786. The first kappa shape index (κ1) is 16.2. The molecule has 2 aromatic carbocycles. The summed E-state index contributed by atoms with van der Waals surface area (Å²) in [5.74, 6) is -1.07. The summed E-state index contributed by atoms with van der Waals surface area (Å²) in [6, 6.07) is 16.1. The Morgan fingerprint density at radius 1 is 1.05 bits per heavy atom. The zero-order valence-corrected chi connectivity index (χ0v) is 12.3. The number of carboxylic acids is 1. The fourth-order valence-corrected chi connectivity index (χ4v) is 2.34. The van der Waals surface area contributed by atoms with E-state index in [-0.39, 0.29) is 18.3 Å². The molecule has 2 N–H and O–H groups in total. The highest BCUT2D eigenvalue weighted by Crippen LogP contribution is 2.10. The number of nitrogens with one attached hydrogen (secondary N) is 1. The average Bonchev–Trinajstić information content (AvgIpc) is 2.52. The molecule has 0 aliphatic heterocycles. The van der Waals surface area contributed by atoms with E-state index in [4.69, 9.17) is 5.11 Å². The highest BCUT2D eigenvalue weighted by atomic mass is 19.1. The van der Waals surface area contributed by atoms with Gasteiger partial charge in [0.15, 0.2) is 0 Å². The lowest BCUT2D eigenvalue weighted by Crippen LogP contribution is -2.31. The molecule has 0 amide bonds. The van der Waals surface area contributed by atoms with Crippen molar-refractivity contribution in [1.29, 1.82) is 0 Å². The van der Waals surface area contributed by atoms with Gasteiger partial charge >= 0.3 is 5.97 Å². The SMILES string of the molecule is O=C(O)C[C@@H](CCc1ccc(F)cc1)NCc1ccccc1. The van der Waals surface area contributed by atoms with Crippen molar-refractivity contribution in [3.8, 4) is 0 Å². The molecule has 0 fully saturated rings. The normalized spacial score (nSPS) is 12.0. The number of benzene rings is 2. The number of carboxylic acid groups (broad SMARTS) is 1. The molecular weight excluding hydrogens is 281 g/mol. The first-order valence-electron chi connectivity index (χ1n) is 7.37. The van der Waals surface area contributed by atoms with Crippen LogP contribution in [0.1, 0.15) is 24.0 Å². The van der Waals surface area contributed by atoms with E-state index >= 15 is 0 Å². The summed E-state index contributed by atoms with van der Waals surface area (Å²) < 4.78 is 12.9. The lowest BCUT2D eigenvalue weighted by molar-refractivity contribution is -0.137. The monoisotopic (exact) mass is 301 g/mol. The maximum absolute atomic E-state index is 12.9. The summed E-state index contributed by atoms with van der Waals surface area (Å²) in [7, 11) is 0. The summed E-state index contributed by atoms with van der Waals surface area (Å²) in [5.41, 5.74) is 2.14. The molecule has 0 unspecified atom stereocenters. The van der Waals surface area contributed by atoms with Crippen LogP contribution in [0.25, 0.3) is 0 Å². The summed E-state index contributed by atoms with van der Waals surface area (Å²) in [6.45, 7) is 0.641. The van der Waals surface area contributed by atoms with Crippen molar-refractivity contribution in [1.82, 2.24) is 5.32 Å². The van der Waals surface area contributed by atoms with Crippen molar-refractivity contribution in [3.63, 3.8) is 0 Å². The maximum atomic E-state index is 12.9.